The molecule has 0 aromatic heterocycles. The fraction of sp³-hybridized carbons (Fsp3) is 0.571. The smallest absolute Gasteiger partial charge is 0.240 e. The number of anilines is 1. The molecule has 1 unspecified atom stereocenters. The predicted molar refractivity (Wildman–Crippen MR) is 90.0 cm³/mol. The van der Waals surface area contributed by atoms with Gasteiger partial charge in [0.1, 0.15) is 5.82 Å². The quantitative estimate of drug-likeness (QED) is 0.591. The van der Waals surface area contributed by atoms with Gasteiger partial charge in [-0.1, -0.05) is 6.92 Å². The molecule has 24 heavy (non-hydrogen) atoms. The summed E-state index contributed by atoms with van der Waals surface area (Å²) in [6.07, 6.45) is 2.36. The Labute approximate surface area is 141 Å². The maximum Gasteiger partial charge on any atom is 0.240 e. The Morgan fingerprint density at radius 3 is 2.50 bits per heavy atom. The van der Waals surface area contributed by atoms with Crippen molar-refractivity contribution >= 4 is 25.7 Å². The van der Waals surface area contributed by atoms with Crippen LogP contribution >= 0.6 is 0 Å². The summed E-state index contributed by atoms with van der Waals surface area (Å²) in [5.41, 5.74) is 5.56. The predicted octanol–water partition coefficient (Wildman–Crippen LogP) is 0.993. The van der Waals surface area contributed by atoms with Crippen molar-refractivity contribution in [1.29, 1.82) is 0 Å². The molecule has 1 saturated carbocycles. The van der Waals surface area contributed by atoms with Gasteiger partial charge in [0.15, 0.2) is 0 Å². The molecule has 7 nitrogen and oxygen atoms in total. The summed E-state index contributed by atoms with van der Waals surface area (Å²) in [6.45, 7) is 1.77. The van der Waals surface area contributed by atoms with Crippen molar-refractivity contribution in [2.75, 3.05) is 17.0 Å². The topological polar surface area (TPSA) is 118 Å². The third kappa shape index (κ3) is 5.13. The Bertz CT molecular complexity index is 792. The first kappa shape index (κ1) is 19.1. The maximum absolute atomic E-state index is 14.0. The largest absolute Gasteiger partial charge is 0.326 e. The molecule has 10 heteroatoms. The van der Waals surface area contributed by atoms with Crippen molar-refractivity contribution < 1.29 is 21.2 Å². The number of hydrogen-bond acceptors (Lipinski definition) is 5. The molecule has 1 fully saturated rings. The number of benzene rings is 1. The Kier molecular flexibility index (Phi) is 5.84. The molecule has 1 atom stereocenters. The summed E-state index contributed by atoms with van der Waals surface area (Å²) in [7, 11) is -7.55. The van der Waals surface area contributed by atoms with Crippen LogP contribution < -0.4 is 15.2 Å². The molecule has 0 spiro atoms. The van der Waals surface area contributed by atoms with Crippen molar-refractivity contribution in [3.63, 3.8) is 0 Å². The number of sulfonamides is 2. The third-order valence-corrected chi connectivity index (χ3v) is 6.62. The van der Waals surface area contributed by atoms with E-state index in [2.05, 4.69) is 9.44 Å². The number of nitrogens with one attached hydrogen (secondary N) is 2. The lowest BCUT2D eigenvalue weighted by atomic mass is 10.2. The van der Waals surface area contributed by atoms with E-state index >= 15 is 0 Å². The molecular weight excluding hydrogens is 357 g/mol. The summed E-state index contributed by atoms with van der Waals surface area (Å²) in [6, 6.07) is 2.77. The highest BCUT2D eigenvalue weighted by molar-refractivity contribution is 7.92. The van der Waals surface area contributed by atoms with Crippen molar-refractivity contribution in [3.8, 4) is 0 Å². The SMILES string of the molecule is CCCS(=O)(=O)Nc1ccc(S(=O)(=O)NCC(N)C2CC2)cc1F. The van der Waals surface area contributed by atoms with Crippen LogP contribution in [0.25, 0.3) is 0 Å². The minimum atomic E-state index is -3.90. The Hall–Kier alpha value is -1.23. The first-order valence-electron chi connectivity index (χ1n) is 7.70. The van der Waals surface area contributed by atoms with Crippen molar-refractivity contribution in [2.24, 2.45) is 11.7 Å². The fourth-order valence-electron chi connectivity index (χ4n) is 2.21. The highest BCUT2D eigenvalue weighted by Crippen LogP contribution is 2.31. The van der Waals surface area contributed by atoms with E-state index in [4.69, 9.17) is 5.73 Å². The molecule has 4 N–H and O–H groups in total. The minimum Gasteiger partial charge on any atom is -0.326 e. The molecule has 1 aromatic rings. The molecule has 0 amide bonds. The van der Waals surface area contributed by atoms with Crippen LogP contribution in [0, 0.1) is 11.7 Å². The van der Waals surface area contributed by atoms with E-state index in [0.29, 0.717) is 12.3 Å². The van der Waals surface area contributed by atoms with Crippen LogP contribution in [0.2, 0.25) is 0 Å². The Balaban J connectivity index is 2.09. The van der Waals surface area contributed by atoms with Crippen LogP contribution in [0.4, 0.5) is 10.1 Å². The monoisotopic (exact) mass is 379 g/mol. The molecule has 1 aliphatic carbocycles. The summed E-state index contributed by atoms with van der Waals surface area (Å²) in [5.74, 6) is -0.767. The van der Waals surface area contributed by atoms with Gasteiger partial charge in [-0.2, -0.15) is 0 Å². The summed E-state index contributed by atoms with van der Waals surface area (Å²) in [5, 5.41) is 0. The lowest BCUT2D eigenvalue weighted by Gasteiger charge is -2.13. The summed E-state index contributed by atoms with van der Waals surface area (Å²) < 4.78 is 66.1. The van der Waals surface area contributed by atoms with E-state index in [1.165, 1.54) is 0 Å². The zero-order valence-electron chi connectivity index (χ0n) is 13.3. The van der Waals surface area contributed by atoms with Gasteiger partial charge >= 0.3 is 0 Å². The second kappa shape index (κ2) is 7.34. The van der Waals surface area contributed by atoms with Gasteiger partial charge in [0.05, 0.1) is 16.3 Å². The van der Waals surface area contributed by atoms with Crippen molar-refractivity contribution in [2.45, 2.75) is 37.1 Å². The van der Waals surface area contributed by atoms with Gasteiger partial charge in [0.25, 0.3) is 0 Å². The van der Waals surface area contributed by atoms with Crippen LogP contribution in [-0.2, 0) is 20.0 Å². The number of nitrogens with two attached hydrogens (primary N) is 1. The second-order valence-corrected chi connectivity index (χ2v) is 9.52. The average molecular weight is 379 g/mol. The maximum atomic E-state index is 14.0. The van der Waals surface area contributed by atoms with E-state index in [1.807, 2.05) is 0 Å². The van der Waals surface area contributed by atoms with Crippen molar-refractivity contribution in [3.05, 3.63) is 24.0 Å². The number of rotatable bonds is 9. The fourth-order valence-corrected chi connectivity index (χ4v) is 4.44. The van der Waals surface area contributed by atoms with Crippen molar-refractivity contribution in [1.82, 2.24) is 4.72 Å². The number of hydrogen-bond donors (Lipinski definition) is 3. The van der Waals surface area contributed by atoms with Crippen LogP contribution in [-0.4, -0.2) is 35.2 Å². The minimum absolute atomic E-state index is 0.0828. The molecule has 0 bridgehead atoms. The van der Waals surface area contributed by atoms with E-state index in [1.54, 1.807) is 6.92 Å². The summed E-state index contributed by atoms with van der Waals surface area (Å²) in [4.78, 5) is -0.276. The molecular formula is C14H22FN3O4S2. The Morgan fingerprint density at radius 1 is 1.29 bits per heavy atom. The highest BCUT2D eigenvalue weighted by atomic mass is 32.2. The molecule has 1 aliphatic rings. The third-order valence-electron chi connectivity index (χ3n) is 3.73. The van der Waals surface area contributed by atoms with Gasteiger partial charge in [0.2, 0.25) is 20.0 Å². The average Bonchev–Trinajstić information content (AvgIpc) is 3.31. The van der Waals surface area contributed by atoms with E-state index < -0.39 is 25.9 Å². The van der Waals surface area contributed by atoms with E-state index in [-0.39, 0.29) is 28.9 Å². The second-order valence-electron chi connectivity index (χ2n) is 5.92. The first-order chi connectivity index (χ1) is 11.1. The van der Waals surface area contributed by atoms with Gasteiger partial charge in [0, 0.05) is 12.6 Å². The van der Waals surface area contributed by atoms with Gasteiger partial charge in [-0.05, 0) is 43.4 Å². The normalized spacial score (nSPS) is 16.8. The summed E-state index contributed by atoms with van der Waals surface area (Å²) >= 11 is 0. The standard InChI is InChI=1S/C14H22FN3O4S2/c1-2-7-23(19,20)18-14-6-5-11(8-12(14)15)24(21,22)17-9-13(16)10-3-4-10/h5-6,8,10,13,17-18H,2-4,7,9,16H2,1H3. The molecule has 0 saturated heterocycles. The lowest BCUT2D eigenvalue weighted by molar-refractivity contribution is 0.546. The van der Waals surface area contributed by atoms with Crippen LogP contribution in [0.1, 0.15) is 26.2 Å². The zero-order valence-corrected chi connectivity index (χ0v) is 15.0. The van der Waals surface area contributed by atoms with Crippen LogP contribution in [0.5, 0.6) is 0 Å². The zero-order chi connectivity index (χ0) is 18.0. The molecule has 136 valence electrons. The molecule has 2 rings (SSSR count). The van der Waals surface area contributed by atoms with Crippen LogP contribution in [0.15, 0.2) is 23.1 Å². The van der Waals surface area contributed by atoms with Gasteiger partial charge in [-0.15, -0.1) is 0 Å². The highest BCUT2D eigenvalue weighted by Gasteiger charge is 2.29. The van der Waals surface area contributed by atoms with Gasteiger partial charge < -0.3 is 5.73 Å². The lowest BCUT2D eigenvalue weighted by Crippen LogP contribution is -2.38. The van der Waals surface area contributed by atoms with Gasteiger partial charge in [-0.25, -0.2) is 25.9 Å². The van der Waals surface area contributed by atoms with E-state index in [0.717, 1.165) is 31.0 Å². The van der Waals surface area contributed by atoms with E-state index in [9.17, 15) is 21.2 Å². The van der Waals surface area contributed by atoms with Crippen LogP contribution in [0.3, 0.4) is 0 Å². The Morgan fingerprint density at radius 2 is 1.96 bits per heavy atom. The molecule has 1 aromatic carbocycles. The molecule has 0 radical (unpaired) electrons. The number of halogens is 1. The molecule has 0 aliphatic heterocycles. The first-order valence-corrected chi connectivity index (χ1v) is 10.8. The molecule has 0 heterocycles. The van der Waals surface area contributed by atoms with Gasteiger partial charge in [-0.3, -0.25) is 4.72 Å².